The number of aromatic nitrogens is 3. The average Bonchev–Trinajstić information content (AvgIpc) is 3.23. The number of hydrogen-bond donors (Lipinski definition) is 0. The summed E-state index contributed by atoms with van der Waals surface area (Å²) in [5, 5.41) is 4.32. The van der Waals surface area contributed by atoms with E-state index in [9.17, 15) is 9.18 Å². The molecule has 4 aromatic rings. The Balaban J connectivity index is 1.77. The maximum atomic E-state index is 13.0. The van der Waals surface area contributed by atoms with Gasteiger partial charge < -0.3 is 9.47 Å². The molecule has 0 saturated heterocycles. The molecule has 0 aliphatic rings. The van der Waals surface area contributed by atoms with Crippen molar-refractivity contribution in [1.82, 2.24) is 14.6 Å². The number of rotatable bonds is 4. The minimum atomic E-state index is -0.322. The lowest BCUT2D eigenvalue weighted by atomic mass is 10.2. The summed E-state index contributed by atoms with van der Waals surface area (Å²) < 4.78 is 25.3. The zero-order chi connectivity index (χ0) is 19.0. The molecule has 0 bridgehead atoms. The number of hydrogen-bond acceptors (Lipinski definition) is 6. The molecule has 2 heterocycles. The van der Waals surface area contributed by atoms with Gasteiger partial charge in [-0.05, 0) is 42.0 Å². The summed E-state index contributed by atoms with van der Waals surface area (Å²) in [6.07, 6.45) is 1.69. The summed E-state index contributed by atoms with van der Waals surface area (Å²) in [5.74, 6) is 1.26. The van der Waals surface area contributed by atoms with Crippen LogP contribution >= 0.6 is 11.3 Å². The molecular formula is C19H14FN3O3S. The Morgan fingerprint density at radius 3 is 2.48 bits per heavy atom. The van der Waals surface area contributed by atoms with Crippen molar-refractivity contribution in [2.24, 2.45) is 0 Å². The maximum absolute atomic E-state index is 13.0. The molecule has 136 valence electrons. The van der Waals surface area contributed by atoms with E-state index in [2.05, 4.69) is 10.1 Å². The summed E-state index contributed by atoms with van der Waals surface area (Å²) >= 11 is 1.23. The molecule has 0 unspecified atom stereocenters. The van der Waals surface area contributed by atoms with Gasteiger partial charge in [-0.25, -0.2) is 4.39 Å². The van der Waals surface area contributed by atoms with Crippen LogP contribution in [-0.2, 0) is 0 Å². The molecule has 0 radical (unpaired) electrons. The van der Waals surface area contributed by atoms with Crippen LogP contribution in [0.1, 0.15) is 5.56 Å². The topological polar surface area (TPSA) is 65.7 Å². The Morgan fingerprint density at radius 2 is 1.81 bits per heavy atom. The summed E-state index contributed by atoms with van der Waals surface area (Å²) in [6, 6.07) is 11.2. The molecule has 0 aliphatic heterocycles. The second-order valence-corrected chi connectivity index (χ2v) is 6.68. The molecule has 27 heavy (non-hydrogen) atoms. The molecule has 2 aromatic carbocycles. The van der Waals surface area contributed by atoms with Gasteiger partial charge in [0, 0.05) is 5.56 Å². The van der Waals surface area contributed by atoms with Crippen LogP contribution in [0.15, 0.2) is 47.3 Å². The van der Waals surface area contributed by atoms with E-state index in [0.717, 1.165) is 5.56 Å². The van der Waals surface area contributed by atoms with Crippen LogP contribution in [-0.4, -0.2) is 28.8 Å². The van der Waals surface area contributed by atoms with Gasteiger partial charge >= 0.3 is 0 Å². The third-order valence-electron chi connectivity index (χ3n) is 3.99. The first-order valence-electron chi connectivity index (χ1n) is 7.98. The Hall–Kier alpha value is -3.26. The minimum Gasteiger partial charge on any atom is -0.493 e. The first-order valence-corrected chi connectivity index (χ1v) is 8.80. The summed E-state index contributed by atoms with van der Waals surface area (Å²) in [5.41, 5.74) is 1.18. The van der Waals surface area contributed by atoms with Crippen molar-refractivity contribution in [2.45, 2.75) is 0 Å². The van der Waals surface area contributed by atoms with E-state index in [1.807, 2.05) is 0 Å². The Bertz CT molecular complexity index is 1230. The van der Waals surface area contributed by atoms with Gasteiger partial charge in [0.2, 0.25) is 4.96 Å². The van der Waals surface area contributed by atoms with Crippen molar-refractivity contribution in [3.63, 3.8) is 0 Å². The highest BCUT2D eigenvalue weighted by atomic mass is 32.1. The normalized spacial score (nSPS) is 11.9. The number of benzene rings is 2. The van der Waals surface area contributed by atoms with Crippen molar-refractivity contribution < 1.29 is 13.9 Å². The molecule has 8 heteroatoms. The number of methoxy groups -OCH3 is 2. The first-order chi connectivity index (χ1) is 13.1. The molecule has 0 saturated carbocycles. The van der Waals surface area contributed by atoms with Gasteiger partial charge in [-0.3, -0.25) is 4.79 Å². The number of thiazole rings is 1. The van der Waals surface area contributed by atoms with Crippen LogP contribution in [0.3, 0.4) is 0 Å². The van der Waals surface area contributed by atoms with Crippen molar-refractivity contribution in [3.8, 4) is 22.9 Å². The monoisotopic (exact) mass is 383 g/mol. The van der Waals surface area contributed by atoms with Crippen LogP contribution < -0.4 is 19.6 Å². The fraction of sp³-hybridized carbons (Fsp3) is 0.105. The standard InChI is InChI=1S/C19H14FN3O3S/c1-25-14-8-5-12(10-15(14)26-2)17-21-19-23(22-17)18(24)16(27-19)9-11-3-6-13(20)7-4-11/h3-10H,1-2H3/b16-9+. The number of fused-ring (bicyclic) bond motifs is 1. The predicted octanol–water partition coefficient (Wildman–Crippen LogP) is 2.52. The second-order valence-electron chi connectivity index (χ2n) is 5.67. The van der Waals surface area contributed by atoms with E-state index in [1.54, 1.807) is 50.6 Å². The predicted molar refractivity (Wildman–Crippen MR) is 101 cm³/mol. The Labute approximate surface area is 157 Å². The molecule has 0 aliphatic carbocycles. The molecule has 0 atom stereocenters. The largest absolute Gasteiger partial charge is 0.493 e. The van der Waals surface area contributed by atoms with Crippen LogP contribution in [0, 0.1) is 5.82 Å². The summed E-state index contributed by atoms with van der Waals surface area (Å²) in [6.45, 7) is 0. The highest BCUT2D eigenvalue weighted by Crippen LogP contribution is 2.31. The lowest BCUT2D eigenvalue weighted by Crippen LogP contribution is -2.23. The van der Waals surface area contributed by atoms with E-state index >= 15 is 0 Å². The van der Waals surface area contributed by atoms with E-state index in [-0.39, 0.29) is 11.4 Å². The zero-order valence-electron chi connectivity index (χ0n) is 14.5. The van der Waals surface area contributed by atoms with Gasteiger partial charge in [-0.15, -0.1) is 5.10 Å². The molecule has 0 amide bonds. The van der Waals surface area contributed by atoms with E-state index < -0.39 is 0 Å². The number of halogens is 1. The van der Waals surface area contributed by atoms with Crippen LogP contribution in [0.5, 0.6) is 11.5 Å². The minimum absolute atomic E-state index is 0.265. The second kappa shape index (κ2) is 6.81. The van der Waals surface area contributed by atoms with E-state index in [4.69, 9.17) is 9.47 Å². The zero-order valence-corrected chi connectivity index (χ0v) is 15.3. The van der Waals surface area contributed by atoms with Crippen LogP contribution in [0.2, 0.25) is 0 Å². The number of nitrogens with zero attached hydrogens (tertiary/aromatic N) is 3. The van der Waals surface area contributed by atoms with Crippen LogP contribution in [0.4, 0.5) is 4.39 Å². The average molecular weight is 383 g/mol. The van der Waals surface area contributed by atoms with Gasteiger partial charge in [0.25, 0.3) is 5.56 Å². The molecule has 0 spiro atoms. The lowest BCUT2D eigenvalue weighted by molar-refractivity contribution is 0.355. The van der Waals surface area contributed by atoms with Crippen LogP contribution in [0.25, 0.3) is 22.4 Å². The lowest BCUT2D eigenvalue weighted by Gasteiger charge is -2.07. The Kier molecular flexibility index (Phi) is 4.33. The van der Waals surface area contributed by atoms with Crippen molar-refractivity contribution in [1.29, 1.82) is 0 Å². The molecule has 2 aromatic heterocycles. The quantitative estimate of drug-likeness (QED) is 0.542. The summed E-state index contributed by atoms with van der Waals surface area (Å²) in [7, 11) is 3.11. The van der Waals surface area contributed by atoms with Gasteiger partial charge in [-0.2, -0.15) is 9.50 Å². The SMILES string of the molecule is COc1ccc(-c2nc3s/c(=C/c4ccc(F)cc4)c(=O)n3n2)cc1OC. The smallest absolute Gasteiger partial charge is 0.291 e. The molecule has 4 rings (SSSR count). The molecule has 0 N–H and O–H groups in total. The molecule has 0 fully saturated rings. The molecule has 6 nitrogen and oxygen atoms in total. The van der Waals surface area contributed by atoms with Crippen molar-refractivity contribution in [3.05, 3.63) is 68.7 Å². The van der Waals surface area contributed by atoms with Gasteiger partial charge in [0.1, 0.15) is 5.82 Å². The number of ether oxygens (including phenoxy) is 2. The van der Waals surface area contributed by atoms with E-state index in [1.165, 1.54) is 28.0 Å². The fourth-order valence-corrected chi connectivity index (χ4v) is 3.55. The fourth-order valence-electron chi connectivity index (χ4n) is 2.64. The van der Waals surface area contributed by atoms with Crippen molar-refractivity contribution >= 4 is 22.4 Å². The van der Waals surface area contributed by atoms with Gasteiger partial charge in [0.15, 0.2) is 17.3 Å². The third-order valence-corrected chi connectivity index (χ3v) is 4.95. The van der Waals surface area contributed by atoms with E-state index in [0.29, 0.717) is 32.4 Å². The highest BCUT2D eigenvalue weighted by molar-refractivity contribution is 7.15. The molecular weight excluding hydrogens is 369 g/mol. The Morgan fingerprint density at radius 1 is 1.07 bits per heavy atom. The summed E-state index contributed by atoms with van der Waals surface area (Å²) in [4.78, 5) is 17.5. The van der Waals surface area contributed by atoms with Crippen molar-refractivity contribution in [2.75, 3.05) is 14.2 Å². The maximum Gasteiger partial charge on any atom is 0.291 e. The van der Waals surface area contributed by atoms with Gasteiger partial charge in [0.05, 0.1) is 18.8 Å². The first kappa shape index (κ1) is 17.2. The third kappa shape index (κ3) is 3.15. The highest BCUT2D eigenvalue weighted by Gasteiger charge is 2.14. The van der Waals surface area contributed by atoms with Gasteiger partial charge in [-0.1, -0.05) is 23.5 Å².